The molecule has 1 saturated heterocycles. The Kier molecular flexibility index (Phi) is 5.97. The number of nitrogens with one attached hydrogen (secondary N) is 2. The van der Waals surface area contributed by atoms with Gasteiger partial charge in [-0.2, -0.15) is 4.31 Å². The van der Waals surface area contributed by atoms with E-state index in [-0.39, 0.29) is 11.8 Å². The molecule has 8 heteroatoms. The van der Waals surface area contributed by atoms with Gasteiger partial charge in [0.1, 0.15) is 0 Å². The molecule has 1 aliphatic heterocycles. The molecule has 7 nitrogen and oxygen atoms in total. The molecular weight excluding hydrogens is 352 g/mol. The van der Waals surface area contributed by atoms with Gasteiger partial charge < -0.3 is 0 Å². The Hall–Kier alpha value is -2.29. The molecule has 0 bridgehead atoms. The van der Waals surface area contributed by atoms with Gasteiger partial charge in [-0.05, 0) is 42.2 Å². The van der Waals surface area contributed by atoms with Gasteiger partial charge in [-0.3, -0.25) is 15.2 Å². The summed E-state index contributed by atoms with van der Waals surface area (Å²) in [5, 5.41) is 0. The van der Waals surface area contributed by atoms with Crippen molar-refractivity contribution in [3.63, 3.8) is 0 Å². The minimum absolute atomic E-state index is 0.0243. The van der Waals surface area contributed by atoms with Crippen LogP contribution in [0.25, 0.3) is 0 Å². The highest BCUT2D eigenvalue weighted by molar-refractivity contribution is 7.89. The molecule has 0 saturated carbocycles. The predicted molar refractivity (Wildman–Crippen MR) is 97.1 cm³/mol. The number of hydrazine groups is 1. The molecule has 1 aliphatic rings. The number of aromatic nitrogens is 1. The summed E-state index contributed by atoms with van der Waals surface area (Å²) in [5.41, 5.74) is 6.56. The van der Waals surface area contributed by atoms with Crippen LogP contribution in [0.5, 0.6) is 0 Å². The van der Waals surface area contributed by atoms with E-state index in [2.05, 4.69) is 15.8 Å². The first-order chi connectivity index (χ1) is 12.6. The van der Waals surface area contributed by atoms with Crippen LogP contribution in [0, 0.1) is 5.92 Å². The Morgan fingerprint density at radius 2 is 1.88 bits per heavy atom. The van der Waals surface area contributed by atoms with Crippen molar-refractivity contribution in [1.29, 1.82) is 0 Å². The minimum atomic E-state index is -3.48. The number of sulfonamides is 1. The molecule has 1 fully saturated rings. The normalized spacial score (nSPS) is 17.9. The Labute approximate surface area is 153 Å². The highest BCUT2D eigenvalue weighted by atomic mass is 32.2. The minimum Gasteiger partial charge on any atom is -0.291 e. The van der Waals surface area contributed by atoms with E-state index in [0.717, 1.165) is 5.56 Å². The number of rotatable bonds is 7. The van der Waals surface area contributed by atoms with Crippen LogP contribution in [0.2, 0.25) is 0 Å². The van der Waals surface area contributed by atoms with Crippen molar-refractivity contribution >= 4 is 15.9 Å². The molecule has 0 spiro atoms. The highest BCUT2D eigenvalue weighted by Gasteiger charge is 2.33. The van der Waals surface area contributed by atoms with Gasteiger partial charge in [0, 0.05) is 38.4 Å². The molecule has 1 aromatic heterocycles. The summed E-state index contributed by atoms with van der Waals surface area (Å²) in [6, 6.07) is 12.1. The van der Waals surface area contributed by atoms with Crippen molar-refractivity contribution in [2.24, 2.45) is 5.92 Å². The Bertz CT molecular complexity index is 828. The number of amides is 1. The van der Waals surface area contributed by atoms with E-state index in [1.165, 1.54) is 4.31 Å². The van der Waals surface area contributed by atoms with E-state index < -0.39 is 10.0 Å². The first-order valence-electron chi connectivity index (χ1n) is 8.51. The average Bonchev–Trinajstić information content (AvgIpc) is 3.12. The summed E-state index contributed by atoms with van der Waals surface area (Å²) in [4.78, 5) is 16.3. The summed E-state index contributed by atoms with van der Waals surface area (Å²) >= 11 is 0. The lowest BCUT2D eigenvalue weighted by Gasteiger charge is -2.16. The Morgan fingerprint density at radius 1 is 1.15 bits per heavy atom. The van der Waals surface area contributed by atoms with Crippen molar-refractivity contribution in [2.75, 3.05) is 13.1 Å². The van der Waals surface area contributed by atoms with Crippen LogP contribution in [0.4, 0.5) is 0 Å². The van der Waals surface area contributed by atoms with Crippen LogP contribution in [-0.2, 0) is 21.4 Å². The van der Waals surface area contributed by atoms with Crippen molar-refractivity contribution in [3.05, 3.63) is 60.4 Å². The summed E-state index contributed by atoms with van der Waals surface area (Å²) in [6.07, 6.45) is 4.37. The molecule has 1 atom stereocenters. The van der Waals surface area contributed by atoms with Crippen molar-refractivity contribution < 1.29 is 13.2 Å². The van der Waals surface area contributed by atoms with Crippen molar-refractivity contribution in [3.8, 4) is 0 Å². The van der Waals surface area contributed by atoms with Gasteiger partial charge in [0.25, 0.3) is 0 Å². The lowest BCUT2D eigenvalue weighted by atomic mass is 10.1. The van der Waals surface area contributed by atoms with Crippen LogP contribution in [0.3, 0.4) is 0 Å². The number of hydrogen-bond acceptors (Lipinski definition) is 5. The molecule has 1 amide bonds. The second-order valence-corrected chi connectivity index (χ2v) is 8.23. The van der Waals surface area contributed by atoms with Gasteiger partial charge in [-0.15, -0.1) is 0 Å². The molecule has 2 N–H and O–H groups in total. The second-order valence-electron chi connectivity index (χ2n) is 6.29. The van der Waals surface area contributed by atoms with Gasteiger partial charge in [0.2, 0.25) is 15.9 Å². The van der Waals surface area contributed by atoms with Crippen molar-refractivity contribution in [1.82, 2.24) is 20.1 Å². The fourth-order valence-corrected chi connectivity index (χ4v) is 4.53. The zero-order valence-electron chi connectivity index (χ0n) is 14.3. The number of carbonyl (C=O) groups excluding carboxylic acids is 1. The quantitative estimate of drug-likeness (QED) is 0.713. The fraction of sp³-hybridized carbons (Fsp3) is 0.333. The predicted octanol–water partition coefficient (Wildman–Crippen LogP) is 1.30. The number of benzene rings is 1. The molecule has 0 radical (unpaired) electrons. The van der Waals surface area contributed by atoms with E-state index in [0.29, 0.717) is 37.4 Å². The summed E-state index contributed by atoms with van der Waals surface area (Å²) in [7, 11) is -3.48. The van der Waals surface area contributed by atoms with E-state index >= 15 is 0 Å². The Balaban J connectivity index is 1.46. The molecule has 2 aromatic rings. The van der Waals surface area contributed by atoms with Crippen LogP contribution in [0.15, 0.2) is 59.8 Å². The number of pyridine rings is 1. The molecule has 138 valence electrons. The van der Waals surface area contributed by atoms with Crippen LogP contribution in [-0.4, -0.2) is 36.7 Å². The van der Waals surface area contributed by atoms with Gasteiger partial charge >= 0.3 is 0 Å². The number of nitrogens with zero attached hydrogens (tertiary/aromatic N) is 2. The zero-order valence-corrected chi connectivity index (χ0v) is 15.2. The fourth-order valence-electron chi connectivity index (χ4n) is 2.98. The van der Waals surface area contributed by atoms with E-state index in [4.69, 9.17) is 0 Å². The highest BCUT2D eigenvalue weighted by Crippen LogP contribution is 2.25. The molecule has 3 rings (SSSR count). The molecule has 26 heavy (non-hydrogen) atoms. The maximum atomic E-state index is 12.6. The third-order valence-corrected chi connectivity index (χ3v) is 6.25. The summed E-state index contributed by atoms with van der Waals surface area (Å²) in [6.45, 7) is 1.32. The molecular formula is C18H22N4O3S. The number of carbonyl (C=O) groups is 1. The lowest BCUT2D eigenvalue weighted by Crippen LogP contribution is -2.38. The van der Waals surface area contributed by atoms with Gasteiger partial charge in [0.15, 0.2) is 0 Å². The summed E-state index contributed by atoms with van der Waals surface area (Å²) in [5.74, 6) is -0.112. The average molecular weight is 374 g/mol. The lowest BCUT2D eigenvalue weighted by molar-refractivity contribution is -0.122. The molecule has 1 aromatic carbocycles. The number of hydrogen-bond donors (Lipinski definition) is 2. The third-order valence-electron chi connectivity index (χ3n) is 4.37. The molecule has 1 unspecified atom stereocenters. The Morgan fingerprint density at radius 3 is 2.62 bits per heavy atom. The van der Waals surface area contributed by atoms with E-state index in [1.807, 2.05) is 12.1 Å². The van der Waals surface area contributed by atoms with Crippen LogP contribution in [0.1, 0.15) is 18.4 Å². The smallest absolute Gasteiger partial charge is 0.243 e. The maximum absolute atomic E-state index is 12.6. The van der Waals surface area contributed by atoms with Crippen LogP contribution < -0.4 is 10.9 Å². The monoisotopic (exact) mass is 374 g/mol. The zero-order chi connectivity index (χ0) is 18.4. The van der Waals surface area contributed by atoms with E-state index in [1.54, 1.807) is 42.7 Å². The maximum Gasteiger partial charge on any atom is 0.243 e. The first-order valence-corrected chi connectivity index (χ1v) is 9.95. The van der Waals surface area contributed by atoms with Gasteiger partial charge in [0.05, 0.1) is 4.90 Å². The topological polar surface area (TPSA) is 91.4 Å². The van der Waals surface area contributed by atoms with Crippen LogP contribution >= 0.6 is 0 Å². The standard InChI is InChI=1S/C18H22N4O3S/c23-18(21-20-13-15-6-9-19-10-7-15)12-16-8-11-22(14-16)26(24,25)17-4-2-1-3-5-17/h1-7,9-10,16,20H,8,11-14H2,(H,21,23). The van der Waals surface area contributed by atoms with Crippen molar-refractivity contribution in [2.45, 2.75) is 24.3 Å². The van der Waals surface area contributed by atoms with E-state index in [9.17, 15) is 13.2 Å². The molecule has 0 aliphatic carbocycles. The SMILES string of the molecule is O=C(CC1CCN(S(=O)(=O)c2ccccc2)C1)NNCc1ccncc1. The third kappa shape index (κ3) is 4.66. The molecule has 2 heterocycles. The second kappa shape index (κ2) is 8.39. The largest absolute Gasteiger partial charge is 0.291 e. The summed E-state index contributed by atoms with van der Waals surface area (Å²) < 4.78 is 26.7. The van der Waals surface area contributed by atoms with Gasteiger partial charge in [-0.1, -0.05) is 18.2 Å². The first kappa shape index (κ1) is 18.5. The van der Waals surface area contributed by atoms with Gasteiger partial charge in [-0.25, -0.2) is 13.8 Å².